The predicted molar refractivity (Wildman–Crippen MR) is 157 cm³/mol. The van der Waals surface area contributed by atoms with Crippen LogP contribution in [0, 0.1) is 6.07 Å². The summed E-state index contributed by atoms with van der Waals surface area (Å²) in [5.74, 6) is 0. The van der Waals surface area contributed by atoms with Crippen LogP contribution in [-0.2, 0) is 41.5 Å². The van der Waals surface area contributed by atoms with Crippen molar-refractivity contribution in [1.82, 2.24) is 0 Å². The van der Waals surface area contributed by atoms with E-state index in [0.29, 0.717) is 0 Å². The molecule has 0 saturated heterocycles. The number of halogens is 2. The summed E-state index contributed by atoms with van der Waals surface area (Å²) >= 11 is 1.67. The van der Waals surface area contributed by atoms with Crippen molar-refractivity contribution in [2.24, 2.45) is 0 Å². The van der Waals surface area contributed by atoms with Gasteiger partial charge in [-0.05, 0) is 28.4 Å². The maximum absolute atomic E-state index is 3.67. The minimum absolute atomic E-state index is 0. The summed E-state index contributed by atoms with van der Waals surface area (Å²) < 4.78 is 1.79. The van der Waals surface area contributed by atoms with Gasteiger partial charge in [-0.15, -0.1) is 11.1 Å². The van der Waals surface area contributed by atoms with Gasteiger partial charge in [-0.25, -0.2) is 12.1 Å². The van der Waals surface area contributed by atoms with Gasteiger partial charge >= 0.3 is 79.8 Å². The minimum Gasteiger partial charge on any atom is -1.00 e. The van der Waals surface area contributed by atoms with Crippen molar-refractivity contribution in [3.05, 3.63) is 89.0 Å². The third-order valence-corrected chi connectivity index (χ3v) is 7.91. The third-order valence-electron chi connectivity index (χ3n) is 6.68. The summed E-state index contributed by atoms with van der Waals surface area (Å²) in [5, 5.41) is 0. The standard InChI is InChI=1S/C21H25.C9H18.C5H5.2ClH.Zr/c1-20(2,3)16-7-9-18-14(12-16)11-15-13-17(21(4,5)6)8-10-19(15)18;1-3-5-7-9-8-6-4-2;1-2-4-5-3-1;;;/h7-10,12H,11H2,1-6H3;3-8H2,1-2H3;1-5H;2*1H;/q-1;;-1;;;+2/p-2. The van der Waals surface area contributed by atoms with Crippen LogP contribution in [-0.4, -0.2) is 3.21 Å². The van der Waals surface area contributed by atoms with E-state index in [1.807, 2.05) is 30.3 Å². The number of rotatable bonds is 6. The van der Waals surface area contributed by atoms with Gasteiger partial charge in [0, 0.05) is 0 Å². The molecule has 3 aromatic carbocycles. The predicted octanol–water partition coefficient (Wildman–Crippen LogP) is 4.15. The first kappa shape index (κ1) is 37.1. The molecule has 3 aromatic rings. The molecule has 3 heteroatoms. The normalized spacial score (nSPS) is 11.4. The molecule has 0 heterocycles. The summed E-state index contributed by atoms with van der Waals surface area (Å²) in [6.07, 6.45) is 9.34. The molecule has 0 atom stereocenters. The number of hydrogen-bond donors (Lipinski definition) is 0. The molecule has 38 heavy (non-hydrogen) atoms. The van der Waals surface area contributed by atoms with Crippen LogP contribution in [0.2, 0.25) is 0 Å². The molecule has 0 radical (unpaired) electrons. The van der Waals surface area contributed by atoms with E-state index in [2.05, 4.69) is 91.8 Å². The monoisotopic (exact) mass is 628 g/mol. The van der Waals surface area contributed by atoms with Crippen LogP contribution < -0.4 is 24.8 Å². The van der Waals surface area contributed by atoms with E-state index >= 15 is 0 Å². The van der Waals surface area contributed by atoms with Crippen molar-refractivity contribution < 1.29 is 49.0 Å². The Morgan fingerprint density at radius 1 is 0.816 bits per heavy atom. The fraction of sp³-hybridized carbons (Fsp3) is 0.486. The summed E-state index contributed by atoms with van der Waals surface area (Å²) in [6.45, 7) is 18.1. The van der Waals surface area contributed by atoms with Crippen molar-refractivity contribution in [2.75, 3.05) is 0 Å². The molecular weight excluding hydrogens is 583 g/mol. The van der Waals surface area contributed by atoms with Gasteiger partial charge in [-0.3, -0.25) is 0 Å². The average Bonchev–Trinajstić information content (AvgIpc) is 3.51. The molecule has 0 amide bonds. The molecule has 0 saturated carbocycles. The van der Waals surface area contributed by atoms with E-state index in [1.54, 1.807) is 27.4 Å². The Labute approximate surface area is 261 Å². The van der Waals surface area contributed by atoms with E-state index in [0.717, 1.165) is 6.42 Å². The number of fused-ring (bicyclic) bond motifs is 3. The first-order chi connectivity index (χ1) is 17.0. The Hall–Kier alpha value is -0.877. The Balaban J connectivity index is 0.000000676. The van der Waals surface area contributed by atoms with Gasteiger partial charge < -0.3 is 24.8 Å². The quantitative estimate of drug-likeness (QED) is 0.281. The molecule has 0 spiro atoms. The van der Waals surface area contributed by atoms with Gasteiger partial charge in [-0.2, -0.15) is 42.0 Å². The van der Waals surface area contributed by atoms with E-state index in [9.17, 15) is 0 Å². The fourth-order valence-corrected chi connectivity index (χ4v) is 5.12. The van der Waals surface area contributed by atoms with E-state index in [-0.39, 0.29) is 35.6 Å². The zero-order valence-electron chi connectivity index (χ0n) is 25.0. The summed E-state index contributed by atoms with van der Waals surface area (Å²) in [7, 11) is 0. The SMILES string of the molecule is CC(C)(C)c1[c-]c2c(cc1)-c1ccc(C(C)(C)C)cc1C2.CCCC[C](=[Zr+2])CCCC.[Cl-].[Cl-].c1cc[cH-]c1. The molecule has 0 aliphatic heterocycles. The molecular formula is C35H48Cl2Zr-2. The second-order valence-corrected chi connectivity index (χ2v) is 13.8. The van der Waals surface area contributed by atoms with Crippen molar-refractivity contribution in [1.29, 1.82) is 0 Å². The van der Waals surface area contributed by atoms with Crippen molar-refractivity contribution in [2.45, 2.75) is 111 Å². The minimum atomic E-state index is 0. The largest absolute Gasteiger partial charge is 1.00 e. The average molecular weight is 631 g/mol. The maximum atomic E-state index is 3.67. The third kappa shape index (κ3) is 12.1. The van der Waals surface area contributed by atoms with E-state index < -0.39 is 0 Å². The summed E-state index contributed by atoms with van der Waals surface area (Å²) in [6, 6.07) is 25.2. The van der Waals surface area contributed by atoms with Crippen molar-refractivity contribution in [3.8, 4) is 11.1 Å². The zero-order chi connectivity index (χ0) is 26.8. The van der Waals surface area contributed by atoms with Gasteiger partial charge in [0.25, 0.3) is 0 Å². The second-order valence-electron chi connectivity index (χ2n) is 12.1. The summed E-state index contributed by atoms with van der Waals surface area (Å²) in [5.41, 5.74) is 8.70. The molecule has 1 aliphatic carbocycles. The molecule has 1 aliphatic rings. The van der Waals surface area contributed by atoms with Gasteiger partial charge in [0.15, 0.2) is 0 Å². The van der Waals surface area contributed by atoms with E-state index in [1.165, 1.54) is 71.9 Å². The van der Waals surface area contributed by atoms with E-state index in [4.69, 9.17) is 0 Å². The number of hydrogen-bond acceptors (Lipinski definition) is 0. The van der Waals surface area contributed by atoms with Gasteiger partial charge in [0.1, 0.15) is 0 Å². The molecule has 4 rings (SSSR count). The van der Waals surface area contributed by atoms with Crippen molar-refractivity contribution in [3.63, 3.8) is 0 Å². The molecule has 0 N–H and O–H groups in total. The van der Waals surface area contributed by atoms with Crippen LogP contribution in [0.4, 0.5) is 0 Å². The number of benzene rings is 2. The Morgan fingerprint density at radius 3 is 1.82 bits per heavy atom. The van der Waals surface area contributed by atoms with Crippen LogP contribution in [0.15, 0.2) is 60.7 Å². The van der Waals surface area contributed by atoms with Gasteiger partial charge in [0.05, 0.1) is 0 Å². The van der Waals surface area contributed by atoms with Gasteiger partial charge in [0.2, 0.25) is 0 Å². The fourth-order valence-electron chi connectivity index (χ4n) is 4.25. The molecule has 208 valence electrons. The maximum Gasteiger partial charge on any atom is -0.172 e. The molecule has 0 aromatic heterocycles. The van der Waals surface area contributed by atoms with Crippen LogP contribution in [0.25, 0.3) is 11.1 Å². The van der Waals surface area contributed by atoms with Gasteiger partial charge in [-0.1, -0.05) is 65.3 Å². The van der Waals surface area contributed by atoms with Crippen molar-refractivity contribution >= 4 is 3.21 Å². The Kier molecular flexibility index (Phi) is 17.3. The first-order valence-electron chi connectivity index (χ1n) is 13.9. The number of unbranched alkanes of at least 4 members (excludes halogenated alkanes) is 2. The second kappa shape index (κ2) is 17.7. The molecule has 0 fully saturated rings. The van der Waals surface area contributed by atoms with Crippen LogP contribution in [0.3, 0.4) is 0 Å². The molecule has 0 unspecified atom stereocenters. The van der Waals surface area contributed by atoms with Crippen LogP contribution in [0.1, 0.15) is 116 Å². The smallest absolute Gasteiger partial charge is 0.172 e. The summed E-state index contributed by atoms with van der Waals surface area (Å²) in [4.78, 5) is 0. The Morgan fingerprint density at radius 2 is 1.37 bits per heavy atom. The molecule has 0 nitrogen and oxygen atoms in total. The zero-order valence-corrected chi connectivity index (χ0v) is 28.9. The molecule has 0 bridgehead atoms. The topological polar surface area (TPSA) is 0 Å². The first-order valence-corrected chi connectivity index (χ1v) is 15.1. The Bertz CT molecular complexity index is 978. The van der Waals surface area contributed by atoms with Crippen LogP contribution >= 0.6 is 0 Å². The van der Waals surface area contributed by atoms with Crippen LogP contribution in [0.5, 0.6) is 0 Å².